The molecular formula is C15H24N6O6. The SMILES string of the molecule is CC(O)C(NC(=O)C(N)CCC(N)=O)C(=O)NC(Cc1cnc[nH]1)C(=O)O. The molecule has 0 saturated heterocycles. The molecule has 0 radical (unpaired) electrons. The minimum absolute atomic E-state index is 0.0348. The van der Waals surface area contributed by atoms with Gasteiger partial charge in [0.2, 0.25) is 17.7 Å². The molecule has 0 saturated carbocycles. The maximum absolute atomic E-state index is 12.4. The molecular weight excluding hydrogens is 360 g/mol. The van der Waals surface area contributed by atoms with Crippen molar-refractivity contribution in [3.63, 3.8) is 0 Å². The van der Waals surface area contributed by atoms with Crippen LogP contribution < -0.4 is 22.1 Å². The van der Waals surface area contributed by atoms with Crippen molar-refractivity contribution in [1.29, 1.82) is 0 Å². The van der Waals surface area contributed by atoms with Gasteiger partial charge in [0.15, 0.2) is 0 Å². The molecule has 0 aliphatic heterocycles. The molecule has 12 heteroatoms. The van der Waals surface area contributed by atoms with E-state index in [2.05, 4.69) is 20.6 Å². The third-order valence-electron chi connectivity index (χ3n) is 3.69. The summed E-state index contributed by atoms with van der Waals surface area (Å²) in [5.74, 6) is -3.61. The normalized spacial score (nSPS) is 15.2. The molecule has 1 aromatic rings. The molecule has 0 bridgehead atoms. The van der Waals surface area contributed by atoms with Gasteiger partial charge in [-0.05, 0) is 13.3 Å². The van der Waals surface area contributed by atoms with Gasteiger partial charge in [-0.1, -0.05) is 0 Å². The van der Waals surface area contributed by atoms with Crippen LogP contribution in [0.2, 0.25) is 0 Å². The quantitative estimate of drug-likeness (QED) is 0.208. The van der Waals surface area contributed by atoms with E-state index >= 15 is 0 Å². The Morgan fingerprint density at radius 2 is 1.93 bits per heavy atom. The van der Waals surface area contributed by atoms with Gasteiger partial charge in [-0.25, -0.2) is 9.78 Å². The first-order chi connectivity index (χ1) is 12.6. The molecule has 1 aromatic heterocycles. The van der Waals surface area contributed by atoms with Gasteiger partial charge in [0.1, 0.15) is 12.1 Å². The lowest BCUT2D eigenvalue weighted by Gasteiger charge is -2.24. The van der Waals surface area contributed by atoms with E-state index in [1.165, 1.54) is 19.4 Å². The molecule has 0 aromatic carbocycles. The zero-order valence-corrected chi connectivity index (χ0v) is 14.7. The Hall–Kier alpha value is -2.99. The van der Waals surface area contributed by atoms with E-state index in [-0.39, 0.29) is 19.3 Å². The van der Waals surface area contributed by atoms with Crippen molar-refractivity contribution >= 4 is 23.7 Å². The number of carbonyl (C=O) groups is 4. The van der Waals surface area contributed by atoms with Crippen LogP contribution in [0.4, 0.5) is 0 Å². The van der Waals surface area contributed by atoms with Gasteiger partial charge in [0, 0.05) is 24.7 Å². The summed E-state index contributed by atoms with van der Waals surface area (Å²) in [7, 11) is 0. The van der Waals surface area contributed by atoms with Crippen LogP contribution in [-0.4, -0.2) is 68.1 Å². The summed E-state index contributed by atoms with van der Waals surface area (Å²) in [5, 5.41) is 23.6. The number of nitrogens with one attached hydrogen (secondary N) is 3. The highest BCUT2D eigenvalue weighted by molar-refractivity contribution is 5.92. The maximum Gasteiger partial charge on any atom is 0.326 e. The first kappa shape index (κ1) is 22.1. The maximum atomic E-state index is 12.4. The number of carbonyl (C=O) groups excluding carboxylic acids is 3. The van der Waals surface area contributed by atoms with E-state index in [1.54, 1.807) is 0 Å². The first-order valence-corrected chi connectivity index (χ1v) is 8.14. The van der Waals surface area contributed by atoms with Gasteiger partial charge < -0.3 is 37.3 Å². The number of amides is 3. The van der Waals surface area contributed by atoms with E-state index in [0.717, 1.165) is 0 Å². The van der Waals surface area contributed by atoms with Crippen molar-refractivity contribution in [2.75, 3.05) is 0 Å². The van der Waals surface area contributed by atoms with Crippen molar-refractivity contribution in [2.45, 2.75) is 50.4 Å². The van der Waals surface area contributed by atoms with Crippen LogP contribution in [0.1, 0.15) is 25.5 Å². The number of carboxylic acid groups (broad SMARTS) is 1. The van der Waals surface area contributed by atoms with Gasteiger partial charge in [-0.2, -0.15) is 0 Å². The number of aromatic amines is 1. The fraction of sp³-hybridized carbons (Fsp3) is 0.533. The zero-order valence-electron chi connectivity index (χ0n) is 14.7. The van der Waals surface area contributed by atoms with Crippen LogP contribution in [0.25, 0.3) is 0 Å². The van der Waals surface area contributed by atoms with Crippen molar-refractivity contribution in [2.24, 2.45) is 11.5 Å². The average Bonchev–Trinajstić information content (AvgIpc) is 3.09. The van der Waals surface area contributed by atoms with E-state index in [4.69, 9.17) is 11.5 Å². The number of aliphatic hydroxyl groups excluding tert-OH is 1. The molecule has 0 aliphatic carbocycles. The molecule has 0 fully saturated rings. The number of nitrogens with zero attached hydrogens (tertiary/aromatic N) is 1. The van der Waals surface area contributed by atoms with Crippen LogP contribution in [0.3, 0.4) is 0 Å². The van der Waals surface area contributed by atoms with Crippen molar-refractivity contribution < 1.29 is 29.4 Å². The third-order valence-corrected chi connectivity index (χ3v) is 3.69. The van der Waals surface area contributed by atoms with Crippen molar-refractivity contribution in [1.82, 2.24) is 20.6 Å². The number of rotatable bonds is 11. The first-order valence-electron chi connectivity index (χ1n) is 8.14. The number of aliphatic carboxylic acids is 1. The molecule has 150 valence electrons. The molecule has 4 atom stereocenters. The number of carboxylic acids is 1. The fourth-order valence-electron chi connectivity index (χ4n) is 2.17. The van der Waals surface area contributed by atoms with Crippen LogP contribution in [0.15, 0.2) is 12.5 Å². The molecule has 9 N–H and O–H groups in total. The summed E-state index contributed by atoms with van der Waals surface area (Å²) in [4.78, 5) is 53.0. The van der Waals surface area contributed by atoms with Crippen molar-refractivity contribution in [3.8, 4) is 0 Å². The molecule has 4 unspecified atom stereocenters. The lowest BCUT2D eigenvalue weighted by Crippen LogP contribution is -2.58. The Bertz CT molecular complexity index is 662. The molecule has 0 spiro atoms. The van der Waals surface area contributed by atoms with Crippen LogP contribution in [0, 0.1) is 0 Å². The Morgan fingerprint density at radius 1 is 1.26 bits per heavy atom. The number of hydrogen-bond donors (Lipinski definition) is 7. The minimum Gasteiger partial charge on any atom is -0.480 e. The second-order valence-electron chi connectivity index (χ2n) is 6.02. The van der Waals surface area contributed by atoms with Gasteiger partial charge in [-0.3, -0.25) is 14.4 Å². The highest BCUT2D eigenvalue weighted by atomic mass is 16.4. The number of H-pyrrole nitrogens is 1. The van der Waals surface area contributed by atoms with E-state index in [0.29, 0.717) is 5.69 Å². The Balaban J connectivity index is 2.74. The highest BCUT2D eigenvalue weighted by Gasteiger charge is 2.31. The summed E-state index contributed by atoms with van der Waals surface area (Å²) >= 11 is 0. The standard InChI is InChI=1S/C15H24N6O6/c1-7(22)12(21-13(24)9(16)2-3-11(17)23)14(25)20-10(15(26)27)4-8-5-18-6-19-8/h5-7,9-10,12,22H,2-4,16H2,1H3,(H2,17,23)(H,18,19)(H,20,25)(H,21,24)(H,26,27). The Kier molecular flexibility index (Phi) is 8.35. The Morgan fingerprint density at radius 3 is 2.41 bits per heavy atom. The monoisotopic (exact) mass is 384 g/mol. The minimum atomic E-state index is -1.43. The molecule has 12 nitrogen and oxygen atoms in total. The van der Waals surface area contributed by atoms with Gasteiger partial charge in [0.25, 0.3) is 0 Å². The van der Waals surface area contributed by atoms with Crippen molar-refractivity contribution in [3.05, 3.63) is 18.2 Å². The molecule has 3 amide bonds. The number of aromatic nitrogens is 2. The number of hydrogen-bond acceptors (Lipinski definition) is 7. The topological polar surface area (TPSA) is 214 Å². The molecule has 27 heavy (non-hydrogen) atoms. The largest absolute Gasteiger partial charge is 0.480 e. The number of aliphatic hydroxyl groups is 1. The third kappa shape index (κ3) is 7.42. The summed E-state index contributed by atoms with van der Waals surface area (Å²) in [5.41, 5.74) is 11.1. The van der Waals surface area contributed by atoms with Crippen LogP contribution >= 0.6 is 0 Å². The smallest absolute Gasteiger partial charge is 0.326 e. The molecule has 0 aliphatic rings. The summed E-state index contributed by atoms with van der Waals surface area (Å²) in [6.45, 7) is 1.25. The van der Waals surface area contributed by atoms with Gasteiger partial charge >= 0.3 is 5.97 Å². The van der Waals surface area contributed by atoms with Gasteiger partial charge in [0.05, 0.1) is 18.5 Å². The van der Waals surface area contributed by atoms with Gasteiger partial charge in [-0.15, -0.1) is 0 Å². The summed E-state index contributed by atoms with van der Waals surface area (Å²) < 4.78 is 0. The highest BCUT2D eigenvalue weighted by Crippen LogP contribution is 2.02. The lowest BCUT2D eigenvalue weighted by molar-refractivity contribution is -0.142. The predicted molar refractivity (Wildman–Crippen MR) is 91.9 cm³/mol. The summed E-state index contributed by atoms with van der Waals surface area (Å²) in [6, 6.07) is -3.85. The fourth-order valence-corrected chi connectivity index (χ4v) is 2.17. The zero-order chi connectivity index (χ0) is 20.6. The van der Waals surface area contributed by atoms with Crippen LogP contribution in [-0.2, 0) is 25.6 Å². The summed E-state index contributed by atoms with van der Waals surface area (Å²) in [6.07, 6.45) is 1.23. The van der Waals surface area contributed by atoms with E-state index < -0.39 is 47.9 Å². The molecule has 1 heterocycles. The van der Waals surface area contributed by atoms with E-state index in [1.807, 2.05) is 0 Å². The lowest BCUT2D eigenvalue weighted by atomic mass is 10.1. The average molecular weight is 384 g/mol. The number of nitrogens with two attached hydrogens (primary N) is 2. The second kappa shape index (κ2) is 10.2. The number of primary amides is 1. The second-order valence-corrected chi connectivity index (χ2v) is 6.02. The molecule has 1 rings (SSSR count). The van der Waals surface area contributed by atoms with E-state index in [9.17, 15) is 29.4 Å². The number of imidazole rings is 1. The predicted octanol–water partition coefficient (Wildman–Crippen LogP) is -3.02. The Labute approximate surface area is 154 Å². The van der Waals surface area contributed by atoms with Crippen LogP contribution in [0.5, 0.6) is 0 Å².